The molecule has 3 atom stereocenters. The molecule has 1 aromatic rings. The van der Waals surface area contributed by atoms with Gasteiger partial charge in [-0.15, -0.1) is 0 Å². The molecule has 4 rings (SSSR count). The van der Waals surface area contributed by atoms with Crippen molar-refractivity contribution < 1.29 is 23.7 Å². The van der Waals surface area contributed by atoms with E-state index in [2.05, 4.69) is 26.1 Å². The molecule has 172 valence electrons. The van der Waals surface area contributed by atoms with Gasteiger partial charge in [0.2, 0.25) is 0 Å². The Balaban J connectivity index is 1.38. The Morgan fingerprint density at radius 3 is 2.81 bits per heavy atom. The molecule has 9 heteroatoms. The summed E-state index contributed by atoms with van der Waals surface area (Å²) in [6.07, 6.45) is 4.41. The zero-order chi connectivity index (χ0) is 21.8. The van der Waals surface area contributed by atoms with Gasteiger partial charge in [0.1, 0.15) is 0 Å². The molecule has 0 bridgehead atoms. The molecule has 2 fully saturated rings. The van der Waals surface area contributed by atoms with Crippen LogP contribution in [0.5, 0.6) is 11.5 Å². The number of likely N-dealkylation sites (tertiary alicyclic amines) is 1. The molecule has 3 heterocycles. The summed E-state index contributed by atoms with van der Waals surface area (Å²) in [5, 5.41) is 3.49. The van der Waals surface area contributed by atoms with Crippen LogP contribution in [0.4, 0.5) is 0 Å². The molecule has 1 aromatic carbocycles. The number of benzene rings is 1. The molecule has 0 saturated carbocycles. The van der Waals surface area contributed by atoms with E-state index >= 15 is 0 Å². The third-order valence-corrected chi connectivity index (χ3v) is 7.56. The maximum absolute atomic E-state index is 13.0. The summed E-state index contributed by atoms with van der Waals surface area (Å²) >= 11 is 9.77. The van der Waals surface area contributed by atoms with Crippen molar-refractivity contribution in [3.05, 3.63) is 21.1 Å². The second-order valence-corrected chi connectivity index (χ2v) is 9.56. The van der Waals surface area contributed by atoms with Gasteiger partial charge in [-0.1, -0.05) is 11.6 Å². The van der Waals surface area contributed by atoms with Crippen molar-refractivity contribution in [3.8, 4) is 11.5 Å². The van der Waals surface area contributed by atoms with Crippen LogP contribution >= 0.6 is 27.5 Å². The van der Waals surface area contributed by atoms with E-state index in [0.29, 0.717) is 52.4 Å². The maximum Gasteiger partial charge on any atom is 0.255 e. The minimum atomic E-state index is -0.215. The molecule has 0 aromatic heterocycles. The number of nitrogens with one attached hydrogen (secondary N) is 1. The summed E-state index contributed by atoms with van der Waals surface area (Å²) in [5.41, 5.74) is 0.398. The predicted molar refractivity (Wildman–Crippen MR) is 121 cm³/mol. The third kappa shape index (κ3) is 5.47. The molecular weight excluding hydrogens is 488 g/mol. The number of methoxy groups -OCH3 is 1. The molecule has 2 saturated heterocycles. The number of ether oxygens (including phenoxy) is 4. The van der Waals surface area contributed by atoms with Crippen molar-refractivity contribution in [2.75, 3.05) is 53.1 Å². The number of hydrogen-bond acceptors (Lipinski definition) is 6. The highest BCUT2D eigenvalue weighted by molar-refractivity contribution is 9.10. The van der Waals surface area contributed by atoms with Gasteiger partial charge in [0.05, 0.1) is 40.5 Å². The number of fused-ring (bicyclic) bond motifs is 1. The van der Waals surface area contributed by atoms with Gasteiger partial charge in [0.25, 0.3) is 5.91 Å². The van der Waals surface area contributed by atoms with Gasteiger partial charge in [-0.2, -0.15) is 0 Å². The molecule has 7 nitrogen and oxygen atoms in total. The van der Waals surface area contributed by atoms with Gasteiger partial charge in [-0.3, -0.25) is 9.69 Å². The van der Waals surface area contributed by atoms with Crippen LogP contribution in [0.3, 0.4) is 0 Å². The van der Waals surface area contributed by atoms with Gasteiger partial charge < -0.3 is 24.3 Å². The first kappa shape index (κ1) is 23.1. The van der Waals surface area contributed by atoms with Gasteiger partial charge in [-0.05, 0) is 47.8 Å². The van der Waals surface area contributed by atoms with Crippen LogP contribution in [0, 0.1) is 5.92 Å². The van der Waals surface area contributed by atoms with Crippen LogP contribution in [0.25, 0.3) is 0 Å². The quantitative estimate of drug-likeness (QED) is 0.623. The highest BCUT2D eigenvalue weighted by atomic mass is 79.9. The van der Waals surface area contributed by atoms with Crippen LogP contribution in [0.2, 0.25) is 5.02 Å². The van der Waals surface area contributed by atoms with E-state index in [1.165, 1.54) is 0 Å². The molecule has 0 spiro atoms. The second kappa shape index (κ2) is 10.7. The van der Waals surface area contributed by atoms with Crippen LogP contribution in [0.1, 0.15) is 36.0 Å². The van der Waals surface area contributed by atoms with Crippen LogP contribution in [-0.4, -0.2) is 76.1 Å². The lowest BCUT2D eigenvalue weighted by molar-refractivity contribution is -0.0254. The summed E-state index contributed by atoms with van der Waals surface area (Å²) < 4.78 is 23.8. The fraction of sp³-hybridized carbons (Fsp3) is 0.682. The van der Waals surface area contributed by atoms with E-state index in [1.54, 1.807) is 13.2 Å². The average molecular weight is 518 g/mol. The largest absolute Gasteiger partial charge is 0.489 e. The van der Waals surface area contributed by atoms with Gasteiger partial charge in [0.15, 0.2) is 11.5 Å². The number of amides is 1. The highest BCUT2D eigenvalue weighted by Gasteiger charge is 2.32. The van der Waals surface area contributed by atoms with Crippen molar-refractivity contribution in [1.29, 1.82) is 0 Å². The Bertz CT molecular complexity index is 790. The summed E-state index contributed by atoms with van der Waals surface area (Å²) in [5.74, 6) is 0.970. The molecule has 1 N–H and O–H groups in total. The third-order valence-electron chi connectivity index (χ3n) is 6.25. The zero-order valence-electron chi connectivity index (χ0n) is 17.8. The predicted octanol–water partition coefficient (Wildman–Crippen LogP) is 3.51. The monoisotopic (exact) mass is 516 g/mol. The SMILES string of the molecule is COC1CN(CC2CCCO2)CC[C@H]1CNC(=O)c1cc(Cl)c(Br)c2c1OCCCO2. The Labute approximate surface area is 196 Å². The van der Waals surface area contributed by atoms with E-state index in [1.807, 2.05) is 0 Å². The minimum Gasteiger partial charge on any atom is -0.489 e. The number of piperidine rings is 1. The second-order valence-electron chi connectivity index (χ2n) is 8.36. The van der Waals surface area contributed by atoms with Gasteiger partial charge >= 0.3 is 0 Å². The lowest BCUT2D eigenvalue weighted by Crippen LogP contribution is -2.50. The zero-order valence-corrected chi connectivity index (χ0v) is 20.2. The van der Waals surface area contributed by atoms with Crippen molar-refractivity contribution in [1.82, 2.24) is 10.2 Å². The molecule has 1 amide bonds. The lowest BCUT2D eigenvalue weighted by Gasteiger charge is -2.38. The Morgan fingerprint density at radius 2 is 2.06 bits per heavy atom. The fourth-order valence-corrected chi connectivity index (χ4v) is 5.13. The highest BCUT2D eigenvalue weighted by Crippen LogP contribution is 2.44. The minimum absolute atomic E-state index is 0.0701. The first-order chi connectivity index (χ1) is 15.1. The first-order valence-electron chi connectivity index (χ1n) is 11.0. The fourth-order valence-electron chi connectivity index (χ4n) is 4.53. The van der Waals surface area contributed by atoms with E-state index in [-0.39, 0.29) is 17.9 Å². The van der Waals surface area contributed by atoms with Gasteiger partial charge in [-0.25, -0.2) is 0 Å². The topological polar surface area (TPSA) is 69.3 Å². The van der Waals surface area contributed by atoms with Crippen LogP contribution in [0.15, 0.2) is 10.5 Å². The maximum atomic E-state index is 13.0. The number of hydrogen-bond donors (Lipinski definition) is 1. The van der Waals surface area contributed by atoms with Crippen LogP contribution < -0.4 is 14.8 Å². The Morgan fingerprint density at radius 1 is 1.26 bits per heavy atom. The normalized spacial score (nSPS) is 26.5. The van der Waals surface area contributed by atoms with Crippen molar-refractivity contribution >= 4 is 33.4 Å². The molecular formula is C22H30BrClN2O5. The molecule has 3 aliphatic heterocycles. The molecule has 3 aliphatic rings. The lowest BCUT2D eigenvalue weighted by atomic mass is 9.93. The molecule has 2 unspecified atom stereocenters. The standard InChI is InChI=1S/C22H30BrClN2O5/c1-28-18-13-26(12-15-4-2-7-29-15)6-5-14(18)11-25-22(27)16-10-17(24)19(23)21-20(16)30-8-3-9-31-21/h10,14-15,18H,2-9,11-13H2,1H3,(H,25,27)/t14-,15?,18?/m0/s1. The summed E-state index contributed by atoms with van der Waals surface area (Å²) in [7, 11) is 1.74. The van der Waals surface area contributed by atoms with Crippen molar-refractivity contribution in [3.63, 3.8) is 0 Å². The first-order valence-corrected chi connectivity index (χ1v) is 12.2. The number of carbonyl (C=O) groups excluding carboxylic acids is 1. The van der Waals surface area contributed by atoms with E-state index in [9.17, 15) is 4.79 Å². The van der Waals surface area contributed by atoms with E-state index in [4.69, 9.17) is 30.5 Å². The summed E-state index contributed by atoms with van der Waals surface area (Å²) in [6, 6.07) is 1.63. The smallest absolute Gasteiger partial charge is 0.255 e. The number of rotatable bonds is 6. The van der Waals surface area contributed by atoms with Crippen molar-refractivity contribution in [2.24, 2.45) is 5.92 Å². The number of halogens is 2. The Hall–Kier alpha value is -1.06. The average Bonchev–Trinajstić information content (AvgIpc) is 3.16. The molecule has 31 heavy (non-hydrogen) atoms. The Kier molecular flexibility index (Phi) is 7.98. The van der Waals surface area contributed by atoms with E-state index < -0.39 is 0 Å². The van der Waals surface area contributed by atoms with E-state index in [0.717, 1.165) is 51.9 Å². The molecule has 0 radical (unpaired) electrons. The number of carbonyl (C=O) groups is 1. The number of nitrogens with zero attached hydrogens (tertiary/aromatic N) is 1. The summed E-state index contributed by atoms with van der Waals surface area (Å²) in [4.78, 5) is 15.5. The van der Waals surface area contributed by atoms with Crippen molar-refractivity contribution in [2.45, 2.75) is 37.9 Å². The van der Waals surface area contributed by atoms with Crippen LogP contribution in [-0.2, 0) is 9.47 Å². The summed E-state index contributed by atoms with van der Waals surface area (Å²) in [6.45, 7) is 5.22. The van der Waals surface area contributed by atoms with Gasteiger partial charge in [0, 0.05) is 45.7 Å². The molecule has 0 aliphatic carbocycles.